The van der Waals surface area contributed by atoms with Crippen LogP contribution in [0.15, 0.2) is 52.7 Å². The molecule has 1 saturated heterocycles. The number of carbonyl (C=O) groups is 2. The molecule has 0 radical (unpaired) electrons. The molecule has 1 atom stereocenters. The Hall–Kier alpha value is -3.00. The van der Waals surface area contributed by atoms with Crippen molar-refractivity contribution in [3.8, 4) is 11.1 Å². The molecule has 138 valence electrons. The highest BCUT2D eigenvalue weighted by molar-refractivity contribution is 8.15. The molecule has 8 heteroatoms. The smallest absolute Gasteiger partial charge is 0.305 e. The van der Waals surface area contributed by atoms with Gasteiger partial charge < -0.3 is 10.4 Å². The van der Waals surface area contributed by atoms with Crippen LogP contribution in [0.25, 0.3) is 11.1 Å². The van der Waals surface area contributed by atoms with Crippen molar-refractivity contribution < 1.29 is 19.1 Å². The summed E-state index contributed by atoms with van der Waals surface area (Å²) in [6.07, 6.45) is 1.25. The third-order valence-corrected chi connectivity index (χ3v) is 4.98. The number of benzene rings is 2. The fraction of sp³-hybridized carbons (Fsp3) is 0.158. The van der Waals surface area contributed by atoms with Gasteiger partial charge in [-0.3, -0.25) is 9.59 Å². The standard InChI is InChI=1S/C19H16FN3O3S/c1-11-2-5-14(8-15(11)20)13-6-3-12(4-7-13)10-21-23-19-22-18(26)16(27-19)9-17(24)25/h2-8,10,16H,9H2,1H3,(H,24,25)(H,22,23,26). The van der Waals surface area contributed by atoms with Crippen molar-refractivity contribution in [2.24, 2.45) is 10.2 Å². The summed E-state index contributed by atoms with van der Waals surface area (Å²) in [5.41, 5.74) is 3.06. The van der Waals surface area contributed by atoms with E-state index in [4.69, 9.17) is 5.11 Å². The molecule has 1 unspecified atom stereocenters. The molecule has 2 aromatic rings. The van der Waals surface area contributed by atoms with Gasteiger partial charge in [0.25, 0.3) is 0 Å². The predicted octanol–water partition coefficient (Wildman–Crippen LogP) is 3.20. The molecule has 0 aliphatic carbocycles. The van der Waals surface area contributed by atoms with Gasteiger partial charge in [-0.2, -0.15) is 5.10 Å². The number of aryl methyl sites for hydroxylation is 1. The van der Waals surface area contributed by atoms with Crippen molar-refractivity contribution >= 4 is 35.0 Å². The number of amides is 1. The number of nitrogens with zero attached hydrogens (tertiary/aromatic N) is 2. The lowest BCUT2D eigenvalue weighted by Crippen LogP contribution is -2.26. The number of nitrogens with one attached hydrogen (secondary N) is 1. The highest BCUT2D eigenvalue weighted by Crippen LogP contribution is 2.23. The van der Waals surface area contributed by atoms with Crippen molar-refractivity contribution in [2.45, 2.75) is 18.6 Å². The van der Waals surface area contributed by atoms with Crippen molar-refractivity contribution in [2.75, 3.05) is 0 Å². The zero-order chi connectivity index (χ0) is 19.4. The Balaban J connectivity index is 1.65. The maximum atomic E-state index is 13.7. The molecule has 2 N–H and O–H groups in total. The molecule has 1 fully saturated rings. The lowest BCUT2D eigenvalue weighted by molar-refractivity contribution is -0.138. The molecule has 1 amide bonds. The van der Waals surface area contributed by atoms with E-state index in [1.807, 2.05) is 30.3 Å². The lowest BCUT2D eigenvalue weighted by atomic mass is 10.0. The fourth-order valence-corrected chi connectivity index (χ4v) is 3.34. The Kier molecular flexibility index (Phi) is 5.66. The third-order valence-electron chi connectivity index (χ3n) is 3.91. The monoisotopic (exact) mass is 385 g/mol. The number of halogens is 1. The Morgan fingerprint density at radius 1 is 1.26 bits per heavy atom. The summed E-state index contributed by atoms with van der Waals surface area (Å²) in [6, 6.07) is 12.5. The first-order chi connectivity index (χ1) is 12.9. The highest BCUT2D eigenvalue weighted by atomic mass is 32.2. The van der Waals surface area contributed by atoms with Gasteiger partial charge in [0.1, 0.15) is 11.1 Å². The van der Waals surface area contributed by atoms with Gasteiger partial charge in [-0.15, -0.1) is 5.10 Å². The van der Waals surface area contributed by atoms with E-state index in [1.165, 1.54) is 12.3 Å². The number of hydrogen-bond acceptors (Lipinski definition) is 5. The molecule has 6 nitrogen and oxygen atoms in total. The molecule has 0 spiro atoms. The maximum Gasteiger partial charge on any atom is 0.305 e. The van der Waals surface area contributed by atoms with Gasteiger partial charge in [0, 0.05) is 0 Å². The van der Waals surface area contributed by atoms with Crippen LogP contribution in [0.4, 0.5) is 4.39 Å². The molecule has 1 aliphatic rings. The van der Waals surface area contributed by atoms with Crippen LogP contribution < -0.4 is 5.32 Å². The normalized spacial score (nSPS) is 18.2. The van der Waals surface area contributed by atoms with E-state index in [2.05, 4.69) is 15.5 Å². The van der Waals surface area contributed by atoms with Gasteiger partial charge in [-0.25, -0.2) is 4.39 Å². The second-order valence-electron chi connectivity index (χ2n) is 5.93. The number of rotatable bonds is 5. The van der Waals surface area contributed by atoms with E-state index in [1.54, 1.807) is 13.0 Å². The topological polar surface area (TPSA) is 91.1 Å². The van der Waals surface area contributed by atoms with E-state index >= 15 is 0 Å². The van der Waals surface area contributed by atoms with E-state index in [0.29, 0.717) is 5.56 Å². The molecule has 0 saturated carbocycles. The van der Waals surface area contributed by atoms with Gasteiger partial charge in [-0.1, -0.05) is 48.2 Å². The van der Waals surface area contributed by atoms with Crippen molar-refractivity contribution in [3.05, 3.63) is 59.4 Å². The van der Waals surface area contributed by atoms with Crippen LogP contribution in [-0.4, -0.2) is 33.6 Å². The van der Waals surface area contributed by atoms with Crippen LogP contribution in [0.1, 0.15) is 17.5 Å². The second-order valence-corrected chi connectivity index (χ2v) is 7.12. The molecule has 0 bridgehead atoms. The first-order valence-electron chi connectivity index (χ1n) is 8.09. The zero-order valence-corrected chi connectivity index (χ0v) is 15.2. The summed E-state index contributed by atoms with van der Waals surface area (Å²) in [5.74, 6) is -1.67. The summed E-state index contributed by atoms with van der Waals surface area (Å²) in [5, 5.41) is 18.7. The van der Waals surface area contributed by atoms with Gasteiger partial charge in [0.15, 0.2) is 5.17 Å². The minimum Gasteiger partial charge on any atom is -0.481 e. The number of thioether (sulfide) groups is 1. The molecule has 1 heterocycles. The fourth-order valence-electron chi connectivity index (χ4n) is 2.43. The van der Waals surface area contributed by atoms with Crippen LogP contribution >= 0.6 is 11.8 Å². The number of aliphatic carboxylic acids is 1. The highest BCUT2D eigenvalue weighted by Gasteiger charge is 2.32. The van der Waals surface area contributed by atoms with Gasteiger partial charge in [0.2, 0.25) is 5.91 Å². The van der Waals surface area contributed by atoms with Crippen molar-refractivity contribution in [1.29, 1.82) is 0 Å². The Labute approximate surface area is 159 Å². The summed E-state index contributed by atoms with van der Waals surface area (Å²) in [6.45, 7) is 1.72. The minimum atomic E-state index is -1.04. The summed E-state index contributed by atoms with van der Waals surface area (Å²) >= 11 is 1.04. The minimum absolute atomic E-state index is 0.244. The quantitative estimate of drug-likeness (QED) is 0.611. The second kappa shape index (κ2) is 8.13. The predicted molar refractivity (Wildman–Crippen MR) is 103 cm³/mol. The van der Waals surface area contributed by atoms with Crippen LogP contribution in [0.3, 0.4) is 0 Å². The van der Waals surface area contributed by atoms with E-state index in [-0.39, 0.29) is 23.3 Å². The lowest BCUT2D eigenvalue weighted by Gasteiger charge is -2.04. The summed E-state index contributed by atoms with van der Waals surface area (Å²) in [7, 11) is 0. The molecule has 3 rings (SSSR count). The van der Waals surface area contributed by atoms with Crippen molar-refractivity contribution in [3.63, 3.8) is 0 Å². The average molecular weight is 385 g/mol. The molecule has 27 heavy (non-hydrogen) atoms. The number of carboxylic acid groups (broad SMARTS) is 1. The average Bonchev–Trinajstić information content (AvgIpc) is 2.97. The van der Waals surface area contributed by atoms with Gasteiger partial charge >= 0.3 is 5.97 Å². The number of carbonyl (C=O) groups excluding carboxylic acids is 1. The van der Waals surface area contributed by atoms with Crippen LogP contribution in [0, 0.1) is 12.7 Å². The summed E-state index contributed by atoms with van der Waals surface area (Å²) in [4.78, 5) is 22.3. The Bertz CT molecular complexity index is 942. The summed E-state index contributed by atoms with van der Waals surface area (Å²) < 4.78 is 13.7. The molecule has 0 aromatic heterocycles. The molecule has 1 aliphatic heterocycles. The first-order valence-corrected chi connectivity index (χ1v) is 8.97. The number of amidine groups is 1. The first kappa shape index (κ1) is 18.8. The van der Waals surface area contributed by atoms with Crippen LogP contribution in [-0.2, 0) is 9.59 Å². The van der Waals surface area contributed by atoms with E-state index in [0.717, 1.165) is 28.5 Å². The van der Waals surface area contributed by atoms with Crippen LogP contribution in [0.2, 0.25) is 0 Å². The molecular formula is C19H16FN3O3S. The Morgan fingerprint density at radius 2 is 1.96 bits per heavy atom. The Morgan fingerprint density at radius 3 is 2.63 bits per heavy atom. The molecule has 2 aromatic carbocycles. The third kappa shape index (κ3) is 4.79. The largest absolute Gasteiger partial charge is 0.481 e. The maximum absolute atomic E-state index is 13.7. The SMILES string of the molecule is Cc1ccc(-c2ccc(C=NN=C3NC(=O)C(CC(=O)O)S3)cc2)cc1F. The number of hydrogen-bond donors (Lipinski definition) is 2. The van der Waals surface area contributed by atoms with Gasteiger partial charge in [0.05, 0.1) is 12.6 Å². The number of carboxylic acids is 1. The van der Waals surface area contributed by atoms with E-state index in [9.17, 15) is 14.0 Å². The molecular weight excluding hydrogens is 369 g/mol. The van der Waals surface area contributed by atoms with Gasteiger partial charge in [-0.05, 0) is 35.2 Å². The zero-order valence-electron chi connectivity index (χ0n) is 14.3. The van der Waals surface area contributed by atoms with E-state index < -0.39 is 11.2 Å². The van der Waals surface area contributed by atoms with Crippen LogP contribution in [0.5, 0.6) is 0 Å². The van der Waals surface area contributed by atoms with Crippen molar-refractivity contribution in [1.82, 2.24) is 5.32 Å².